The van der Waals surface area contributed by atoms with Crippen LogP contribution in [0.5, 0.6) is 0 Å². The Morgan fingerprint density at radius 3 is 2.60 bits per heavy atom. The van der Waals surface area contributed by atoms with Crippen molar-refractivity contribution in [2.45, 2.75) is 19.4 Å². The molecule has 1 saturated heterocycles. The first-order valence-corrected chi connectivity index (χ1v) is 7.82. The minimum Gasteiger partial charge on any atom is -0.333 e. The van der Waals surface area contributed by atoms with Gasteiger partial charge in [-0.05, 0) is 31.2 Å². The van der Waals surface area contributed by atoms with Gasteiger partial charge in [-0.25, -0.2) is 13.6 Å². The van der Waals surface area contributed by atoms with Crippen molar-refractivity contribution in [1.29, 1.82) is 0 Å². The number of benzene rings is 2. The summed E-state index contributed by atoms with van der Waals surface area (Å²) < 4.78 is 26.7. The Balaban J connectivity index is 1.62. The molecule has 1 atom stereocenters. The average molecular weight is 345 g/mol. The summed E-state index contributed by atoms with van der Waals surface area (Å²) in [4.78, 5) is 25.7. The third-order valence-corrected chi connectivity index (χ3v) is 3.98. The number of nitrogens with one attached hydrogen (secondary N) is 2. The topological polar surface area (TPSA) is 61.4 Å². The minimum absolute atomic E-state index is 0.105. The van der Waals surface area contributed by atoms with E-state index in [4.69, 9.17) is 0 Å². The Labute approximate surface area is 143 Å². The first-order chi connectivity index (χ1) is 11.9. The molecule has 1 aliphatic heterocycles. The number of nitrogens with zero attached hydrogens (tertiary/aromatic N) is 1. The van der Waals surface area contributed by atoms with Gasteiger partial charge in [0.1, 0.15) is 11.6 Å². The Hall–Kier alpha value is -2.96. The summed E-state index contributed by atoms with van der Waals surface area (Å²) in [6, 6.07) is 9.20. The maximum Gasteiger partial charge on any atom is 0.319 e. The van der Waals surface area contributed by atoms with Crippen molar-refractivity contribution in [3.8, 4) is 0 Å². The second-order valence-electron chi connectivity index (χ2n) is 5.96. The number of hydrogen-bond acceptors (Lipinski definition) is 2. The predicted molar refractivity (Wildman–Crippen MR) is 90.4 cm³/mol. The third-order valence-electron chi connectivity index (χ3n) is 3.98. The summed E-state index contributed by atoms with van der Waals surface area (Å²) in [5.74, 6) is -1.50. The molecule has 3 amide bonds. The number of rotatable bonds is 3. The molecule has 0 aromatic heterocycles. The van der Waals surface area contributed by atoms with E-state index < -0.39 is 23.7 Å². The molecule has 2 aromatic rings. The number of amides is 3. The van der Waals surface area contributed by atoms with Crippen LogP contribution in [0, 0.1) is 18.6 Å². The molecule has 0 saturated carbocycles. The normalized spacial score (nSPS) is 16.8. The molecule has 130 valence electrons. The number of anilines is 2. The van der Waals surface area contributed by atoms with Crippen molar-refractivity contribution in [3.05, 3.63) is 59.7 Å². The van der Waals surface area contributed by atoms with E-state index in [-0.39, 0.29) is 18.0 Å². The summed E-state index contributed by atoms with van der Waals surface area (Å²) in [5.41, 5.74) is 1.59. The second-order valence-corrected chi connectivity index (χ2v) is 5.96. The van der Waals surface area contributed by atoms with Gasteiger partial charge in [0.15, 0.2) is 0 Å². The van der Waals surface area contributed by atoms with Crippen molar-refractivity contribution in [3.63, 3.8) is 0 Å². The number of aryl methyl sites for hydroxylation is 1. The quantitative estimate of drug-likeness (QED) is 0.897. The second kappa shape index (κ2) is 6.88. The molecule has 7 heteroatoms. The highest BCUT2D eigenvalue weighted by atomic mass is 19.1. The van der Waals surface area contributed by atoms with Crippen LogP contribution in [0.15, 0.2) is 42.5 Å². The molecule has 2 N–H and O–H groups in total. The Morgan fingerprint density at radius 2 is 1.88 bits per heavy atom. The maximum absolute atomic E-state index is 13.6. The molecule has 0 aliphatic carbocycles. The van der Waals surface area contributed by atoms with E-state index in [0.717, 1.165) is 29.4 Å². The van der Waals surface area contributed by atoms with Crippen LogP contribution in [0.25, 0.3) is 0 Å². The molecule has 0 bridgehead atoms. The van der Waals surface area contributed by atoms with Crippen molar-refractivity contribution in [1.82, 2.24) is 5.32 Å². The van der Waals surface area contributed by atoms with E-state index in [1.54, 1.807) is 4.90 Å². The molecule has 2 aromatic carbocycles. The van der Waals surface area contributed by atoms with Gasteiger partial charge in [0, 0.05) is 24.7 Å². The van der Waals surface area contributed by atoms with Crippen LogP contribution in [0.2, 0.25) is 0 Å². The molecule has 0 unspecified atom stereocenters. The van der Waals surface area contributed by atoms with Crippen LogP contribution in [0.3, 0.4) is 0 Å². The monoisotopic (exact) mass is 345 g/mol. The molecule has 0 spiro atoms. The van der Waals surface area contributed by atoms with E-state index in [9.17, 15) is 18.4 Å². The van der Waals surface area contributed by atoms with E-state index in [1.165, 1.54) is 0 Å². The van der Waals surface area contributed by atoms with Gasteiger partial charge in [0.25, 0.3) is 0 Å². The zero-order valence-electron chi connectivity index (χ0n) is 13.6. The average Bonchev–Trinajstić information content (AvgIpc) is 2.92. The summed E-state index contributed by atoms with van der Waals surface area (Å²) in [6.07, 6.45) is 0.146. The number of urea groups is 1. The smallest absolute Gasteiger partial charge is 0.319 e. The minimum atomic E-state index is -0.736. The van der Waals surface area contributed by atoms with E-state index in [1.807, 2.05) is 31.2 Å². The van der Waals surface area contributed by atoms with Crippen LogP contribution < -0.4 is 15.5 Å². The van der Waals surface area contributed by atoms with Crippen molar-refractivity contribution in [2.75, 3.05) is 16.8 Å². The van der Waals surface area contributed by atoms with Crippen LogP contribution in [0.1, 0.15) is 12.0 Å². The lowest BCUT2D eigenvalue weighted by Crippen LogP contribution is -2.39. The number of carbonyl (C=O) groups is 2. The SMILES string of the molecule is Cc1ccc(N2C[C@@H](NC(=O)Nc3cc(F)ccc3F)CC2=O)cc1. The number of halogens is 2. The van der Waals surface area contributed by atoms with Crippen molar-refractivity contribution >= 4 is 23.3 Å². The summed E-state index contributed by atoms with van der Waals surface area (Å²) >= 11 is 0. The summed E-state index contributed by atoms with van der Waals surface area (Å²) in [6.45, 7) is 2.27. The van der Waals surface area contributed by atoms with Gasteiger partial charge in [0.2, 0.25) is 5.91 Å². The molecule has 1 fully saturated rings. The standard InChI is InChI=1S/C18H17F2N3O2/c1-11-2-5-14(6-3-11)23-10-13(9-17(23)24)21-18(25)22-16-8-12(19)4-7-15(16)20/h2-8,13H,9-10H2,1H3,(H2,21,22,25)/t13-/m0/s1. The Morgan fingerprint density at radius 1 is 1.16 bits per heavy atom. The van der Waals surface area contributed by atoms with Gasteiger partial charge in [0.05, 0.1) is 11.7 Å². The first kappa shape index (κ1) is 16.9. The largest absolute Gasteiger partial charge is 0.333 e. The lowest BCUT2D eigenvalue weighted by Gasteiger charge is -2.17. The van der Waals surface area contributed by atoms with E-state index in [2.05, 4.69) is 10.6 Å². The van der Waals surface area contributed by atoms with Crippen LogP contribution in [-0.2, 0) is 4.79 Å². The summed E-state index contributed by atoms with van der Waals surface area (Å²) in [5, 5.41) is 4.87. The van der Waals surface area contributed by atoms with Gasteiger partial charge in [-0.3, -0.25) is 4.79 Å². The van der Waals surface area contributed by atoms with Gasteiger partial charge in [-0.15, -0.1) is 0 Å². The molecular weight excluding hydrogens is 328 g/mol. The molecule has 1 aliphatic rings. The zero-order chi connectivity index (χ0) is 18.0. The van der Waals surface area contributed by atoms with Gasteiger partial charge < -0.3 is 15.5 Å². The van der Waals surface area contributed by atoms with Crippen LogP contribution >= 0.6 is 0 Å². The molecule has 0 radical (unpaired) electrons. The van der Waals surface area contributed by atoms with Crippen LogP contribution in [-0.4, -0.2) is 24.5 Å². The van der Waals surface area contributed by atoms with Crippen molar-refractivity contribution < 1.29 is 18.4 Å². The van der Waals surface area contributed by atoms with Gasteiger partial charge in [-0.2, -0.15) is 0 Å². The molecular formula is C18H17F2N3O2. The highest BCUT2D eigenvalue weighted by Gasteiger charge is 2.31. The zero-order valence-corrected chi connectivity index (χ0v) is 13.6. The molecule has 3 rings (SSSR count). The van der Waals surface area contributed by atoms with Gasteiger partial charge >= 0.3 is 6.03 Å². The Kier molecular flexibility index (Phi) is 4.65. The van der Waals surface area contributed by atoms with Crippen molar-refractivity contribution in [2.24, 2.45) is 0 Å². The van der Waals surface area contributed by atoms with E-state index in [0.29, 0.717) is 6.54 Å². The summed E-state index contributed by atoms with van der Waals surface area (Å²) in [7, 11) is 0. The maximum atomic E-state index is 13.6. The highest BCUT2D eigenvalue weighted by molar-refractivity contribution is 5.97. The van der Waals surface area contributed by atoms with Gasteiger partial charge in [-0.1, -0.05) is 17.7 Å². The first-order valence-electron chi connectivity index (χ1n) is 7.82. The highest BCUT2D eigenvalue weighted by Crippen LogP contribution is 2.22. The lowest BCUT2D eigenvalue weighted by atomic mass is 10.2. The third kappa shape index (κ3) is 3.93. The molecule has 1 heterocycles. The molecule has 5 nitrogen and oxygen atoms in total. The fraction of sp³-hybridized carbons (Fsp3) is 0.222. The number of carbonyl (C=O) groups excluding carboxylic acids is 2. The number of hydrogen-bond donors (Lipinski definition) is 2. The predicted octanol–water partition coefficient (Wildman–Crippen LogP) is 3.20. The van der Waals surface area contributed by atoms with Crippen LogP contribution in [0.4, 0.5) is 25.0 Å². The Bertz CT molecular complexity index is 808. The van der Waals surface area contributed by atoms with E-state index >= 15 is 0 Å². The molecule has 25 heavy (non-hydrogen) atoms. The fourth-order valence-electron chi connectivity index (χ4n) is 2.72. The fourth-order valence-corrected chi connectivity index (χ4v) is 2.72. The lowest BCUT2D eigenvalue weighted by molar-refractivity contribution is -0.117.